The Morgan fingerprint density at radius 1 is 0.415 bits per heavy atom. The van der Waals surface area contributed by atoms with E-state index in [0.29, 0.717) is 0 Å². The van der Waals surface area contributed by atoms with Crippen LogP contribution in [0.4, 0.5) is 34.1 Å². The Labute approximate surface area is 379 Å². The first-order valence-corrected chi connectivity index (χ1v) is 22.7. The Kier molecular flexibility index (Phi) is 8.06. The molecule has 0 bridgehead atoms. The van der Waals surface area contributed by atoms with Crippen LogP contribution in [0.5, 0.6) is 0 Å². The number of benzene rings is 9. The number of aryl methyl sites for hydroxylation is 2. The zero-order valence-electron chi connectivity index (χ0n) is 37.1. The van der Waals surface area contributed by atoms with E-state index in [9.17, 15) is 0 Å². The Hall–Kier alpha value is -7.76. The Bertz CT molecular complexity index is 3500. The Morgan fingerprint density at radius 2 is 0.846 bits per heavy atom. The van der Waals surface area contributed by atoms with Gasteiger partial charge < -0.3 is 18.6 Å². The molecule has 0 saturated heterocycles. The van der Waals surface area contributed by atoms with Crippen LogP contribution in [-0.2, 0) is 5.41 Å². The minimum absolute atomic E-state index is 0.0441. The second-order valence-electron chi connectivity index (χ2n) is 19.1. The zero-order valence-corrected chi connectivity index (χ0v) is 37.1. The average Bonchev–Trinajstić information content (AvgIpc) is 3.90. The predicted octanol–water partition coefficient (Wildman–Crippen LogP) is 14.8. The largest absolute Gasteiger partial charge is 0.455 e. The van der Waals surface area contributed by atoms with E-state index >= 15 is 0 Å². The summed E-state index contributed by atoms with van der Waals surface area (Å²) in [5, 5.41) is 4.55. The first-order valence-electron chi connectivity index (χ1n) is 22.7. The van der Waals surface area contributed by atoms with Gasteiger partial charge in [0.1, 0.15) is 22.3 Å². The smallest absolute Gasteiger partial charge is 0.252 e. The fourth-order valence-electron chi connectivity index (χ4n) is 10.7. The number of para-hydroxylation sites is 4. The summed E-state index contributed by atoms with van der Waals surface area (Å²) in [4.78, 5) is 5.04. The first-order chi connectivity index (χ1) is 31.7. The predicted molar refractivity (Wildman–Crippen MR) is 274 cm³/mol. The molecule has 0 aliphatic carbocycles. The molecule has 4 heterocycles. The minimum Gasteiger partial charge on any atom is -0.455 e. The van der Waals surface area contributed by atoms with Crippen LogP contribution in [0.1, 0.15) is 37.5 Å². The van der Waals surface area contributed by atoms with Crippen molar-refractivity contribution in [3.05, 3.63) is 199 Å². The number of nitrogens with zero attached hydrogens (tertiary/aromatic N) is 2. The van der Waals surface area contributed by atoms with Gasteiger partial charge in [-0.2, -0.15) is 0 Å². The molecule has 2 aliphatic heterocycles. The van der Waals surface area contributed by atoms with E-state index in [0.717, 1.165) is 77.5 Å². The van der Waals surface area contributed by atoms with Crippen LogP contribution in [0.25, 0.3) is 66.1 Å². The van der Waals surface area contributed by atoms with Gasteiger partial charge in [-0.3, -0.25) is 0 Å². The van der Waals surface area contributed by atoms with Crippen LogP contribution in [-0.4, -0.2) is 6.71 Å². The van der Waals surface area contributed by atoms with Crippen molar-refractivity contribution in [2.45, 2.75) is 40.0 Å². The van der Waals surface area contributed by atoms with Gasteiger partial charge in [-0.05, 0) is 124 Å². The molecule has 5 heteroatoms. The maximum atomic E-state index is 6.50. The number of hydrogen-bond donors (Lipinski definition) is 0. The van der Waals surface area contributed by atoms with Gasteiger partial charge in [-0.25, -0.2) is 0 Å². The summed E-state index contributed by atoms with van der Waals surface area (Å²) in [5.74, 6) is 0. The molecule has 11 aromatic rings. The number of hydrogen-bond acceptors (Lipinski definition) is 4. The van der Waals surface area contributed by atoms with Crippen molar-refractivity contribution >= 4 is 101 Å². The molecule has 310 valence electrons. The van der Waals surface area contributed by atoms with Gasteiger partial charge >= 0.3 is 0 Å². The van der Waals surface area contributed by atoms with Crippen molar-refractivity contribution in [3.8, 4) is 22.3 Å². The Morgan fingerprint density at radius 3 is 1.29 bits per heavy atom. The molecule has 2 aromatic heterocycles. The molecular formula is C60H45BN2O2. The van der Waals surface area contributed by atoms with Gasteiger partial charge in [0, 0.05) is 66.8 Å². The van der Waals surface area contributed by atoms with Crippen molar-refractivity contribution in [1.82, 2.24) is 0 Å². The molecule has 0 N–H and O–H groups in total. The highest BCUT2D eigenvalue weighted by atomic mass is 16.3. The summed E-state index contributed by atoms with van der Waals surface area (Å²) >= 11 is 0. The number of furan rings is 2. The lowest BCUT2D eigenvalue weighted by molar-refractivity contribution is 0.590. The standard InChI is InChI=1S/C60H45BN2O2/c1-36-20-30-49-51(32-36)62(41-26-22-38(23-27-41)43-14-10-16-47-45-12-6-8-18-55(45)64-58(43)47)53-34-40(60(3,4)5)35-54-57(53)61(49)50-31-21-37(2)33-52(50)63(54)42-28-24-39(25-29-42)44-15-11-17-48-46-13-7-9-19-56(46)65-59(44)48/h6-35H,1-5H3. The van der Waals surface area contributed by atoms with E-state index in [4.69, 9.17) is 8.83 Å². The second kappa shape index (κ2) is 13.9. The Balaban J connectivity index is 0.998. The van der Waals surface area contributed by atoms with Crippen LogP contribution in [0.2, 0.25) is 0 Å². The SMILES string of the molecule is Cc1ccc2c(c1)N(c1ccc(-c3cccc4c3oc3ccccc34)cc1)c1cc(C(C)(C)C)cc3c1B2c1ccc(C)cc1N3c1ccc(-c2cccc3c2oc2ccccc23)cc1. The molecule has 0 fully saturated rings. The maximum Gasteiger partial charge on any atom is 0.252 e. The van der Waals surface area contributed by atoms with E-state index in [1.807, 2.05) is 12.1 Å². The van der Waals surface area contributed by atoms with Gasteiger partial charge in [0.15, 0.2) is 0 Å². The lowest BCUT2D eigenvalue weighted by Gasteiger charge is -2.45. The molecular weight excluding hydrogens is 791 g/mol. The normalized spacial score (nSPS) is 13.2. The van der Waals surface area contributed by atoms with Gasteiger partial charge in [0.05, 0.1) is 0 Å². The van der Waals surface area contributed by atoms with Gasteiger partial charge in [0.2, 0.25) is 0 Å². The molecule has 0 unspecified atom stereocenters. The van der Waals surface area contributed by atoms with Crippen LogP contribution in [0, 0.1) is 13.8 Å². The zero-order chi connectivity index (χ0) is 43.7. The number of fused-ring (bicyclic) bond motifs is 10. The summed E-state index contributed by atoms with van der Waals surface area (Å²) in [6.07, 6.45) is 0. The van der Waals surface area contributed by atoms with Crippen LogP contribution in [0.3, 0.4) is 0 Å². The molecule has 0 amide bonds. The van der Waals surface area contributed by atoms with E-state index in [-0.39, 0.29) is 12.1 Å². The summed E-state index contributed by atoms with van der Waals surface area (Å²) in [6, 6.07) is 66.8. The molecule has 0 spiro atoms. The monoisotopic (exact) mass is 836 g/mol. The van der Waals surface area contributed by atoms with Crippen LogP contribution in [0.15, 0.2) is 191 Å². The summed E-state index contributed by atoms with van der Waals surface area (Å²) in [7, 11) is 0. The lowest BCUT2D eigenvalue weighted by Crippen LogP contribution is -2.61. The lowest BCUT2D eigenvalue weighted by atomic mass is 9.33. The number of rotatable bonds is 4. The van der Waals surface area contributed by atoms with Crippen LogP contribution >= 0.6 is 0 Å². The highest BCUT2D eigenvalue weighted by Crippen LogP contribution is 2.47. The quantitative estimate of drug-likeness (QED) is 0.165. The third kappa shape index (κ3) is 5.71. The molecule has 9 aromatic carbocycles. The van der Waals surface area contributed by atoms with E-state index in [1.165, 1.54) is 55.8 Å². The van der Waals surface area contributed by atoms with Gasteiger partial charge in [0.25, 0.3) is 6.71 Å². The minimum atomic E-state index is -0.123. The summed E-state index contributed by atoms with van der Waals surface area (Å²) in [5.41, 5.74) is 22.8. The van der Waals surface area contributed by atoms with Crippen molar-refractivity contribution in [3.63, 3.8) is 0 Å². The summed E-state index contributed by atoms with van der Waals surface area (Å²) < 4.78 is 13.0. The van der Waals surface area contributed by atoms with Crippen molar-refractivity contribution in [2.75, 3.05) is 9.80 Å². The fourth-order valence-corrected chi connectivity index (χ4v) is 10.7. The van der Waals surface area contributed by atoms with Crippen molar-refractivity contribution in [2.24, 2.45) is 0 Å². The van der Waals surface area contributed by atoms with E-state index < -0.39 is 0 Å². The highest BCUT2D eigenvalue weighted by Gasteiger charge is 2.44. The topological polar surface area (TPSA) is 32.8 Å². The third-order valence-electron chi connectivity index (χ3n) is 13.9. The molecule has 13 rings (SSSR count). The van der Waals surface area contributed by atoms with E-state index in [2.05, 4.69) is 214 Å². The van der Waals surface area contributed by atoms with Crippen molar-refractivity contribution in [1.29, 1.82) is 0 Å². The average molecular weight is 837 g/mol. The second-order valence-corrected chi connectivity index (χ2v) is 19.1. The third-order valence-corrected chi connectivity index (χ3v) is 13.9. The van der Waals surface area contributed by atoms with E-state index in [1.54, 1.807) is 0 Å². The molecule has 2 aliphatic rings. The maximum absolute atomic E-state index is 6.50. The summed E-state index contributed by atoms with van der Waals surface area (Å²) in [6.45, 7) is 11.5. The van der Waals surface area contributed by atoms with Gasteiger partial charge in [-0.1, -0.05) is 142 Å². The molecule has 65 heavy (non-hydrogen) atoms. The highest BCUT2D eigenvalue weighted by molar-refractivity contribution is 7.00. The van der Waals surface area contributed by atoms with Crippen LogP contribution < -0.4 is 26.2 Å². The first kappa shape index (κ1) is 37.8. The van der Waals surface area contributed by atoms with Gasteiger partial charge in [-0.15, -0.1) is 0 Å². The molecule has 0 radical (unpaired) electrons. The van der Waals surface area contributed by atoms with Crippen molar-refractivity contribution < 1.29 is 8.83 Å². The molecule has 0 atom stereocenters. The fraction of sp³-hybridized carbons (Fsp3) is 0.100. The molecule has 0 saturated carbocycles. The molecule has 4 nitrogen and oxygen atoms in total. The number of anilines is 6.